The number of aliphatic hydroxyl groups is 1. The zero-order valence-electron chi connectivity index (χ0n) is 10.7. The van der Waals surface area contributed by atoms with Gasteiger partial charge < -0.3 is 15.2 Å². The molecule has 2 aromatic rings. The fourth-order valence-corrected chi connectivity index (χ4v) is 1.61. The van der Waals surface area contributed by atoms with Crippen LogP contribution >= 0.6 is 11.6 Å². The molecule has 2 aromatic heterocycles. The first-order valence-corrected chi connectivity index (χ1v) is 6.50. The van der Waals surface area contributed by atoms with Gasteiger partial charge in [-0.1, -0.05) is 0 Å². The Bertz CT molecular complexity index is 522. The van der Waals surface area contributed by atoms with E-state index in [4.69, 9.17) is 21.4 Å². The summed E-state index contributed by atoms with van der Waals surface area (Å²) in [6.07, 6.45) is 5.70. The molecule has 0 radical (unpaired) electrons. The van der Waals surface area contributed by atoms with Crippen LogP contribution in [0.3, 0.4) is 0 Å². The zero-order valence-corrected chi connectivity index (χ0v) is 11.5. The van der Waals surface area contributed by atoms with E-state index in [2.05, 4.69) is 25.3 Å². The number of aromatic nitrogens is 5. The van der Waals surface area contributed by atoms with Crippen molar-refractivity contribution in [3.05, 3.63) is 24.0 Å². The molecule has 0 atom stereocenters. The van der Waals surface area contributed by atoms with Crippen LogP contribution in [0.4, 0.5) is 5.95 Å². The summed E-state index contributed by atoms with van der Waals surface area (Å²) in [4.78, 5) is 16.2. The Hall–Kier alpha value is -1.77. The fourth-order valence-electron chi connectivity index (χ4n) is 1.45. The standard InChI is InChI=1S/C11H15ClN6O2/c12-9-15-10(14-2-1-6-20-7-5-19)17-11(16-9)18-4-3-13-8-18/h3-4,8,19H,1-2,5-7H2,(H,14,15,16,17). The summed E-state index contributed by atoms with van der Waals surface area (Å²) in [5.41, 5.74) is 0. The lowest BCUT2D eigenvalue weighted by molar-refractivity contribution is 0.0921. The first-order chi connectivity index (χ1) is 9.79. The van der Waals surface area contributed by atoms with Crippen LogP contribution in [0.2, 0.25) is 5.28 Å². The van der Waals surface area contributed by atoms with E-state index >= 15 is 0 Å². The minimum absolute atomic E-state index is 0.0325. The Morgan fingerprint density at radius 3 is 2.95 bits per heavy atom. The van der Waals surface area contributed by atoms with E-state index in [0.717, 1.165) is 6.42 Å². The molecular weight excluding hydrogens is 284 g/mol. The van der Waals surface area contributed by atoms with Crippen LogP contribution < -0.4 is 5.32 Å². The maximum atomic E-state index is 8.56. The second-order valence-electron chi connectivity index (χ2n) is 3.81. The van der Waals surface area contributed by atoms with Gasteiger partial charge in [-0.05, 0) is 18.0 Å². The molecule has 108 valence electrons. The van der Waals surface area contributed by atoms with Crippen molar-refractivity contribution < 1.29 is 9.84 Å². The normalized spacial score (nSPS) is 10.7. The van der Waals surface area contributed by atoms with Gasteiger partial charge in [0.05, 0.1) is 13.2 Å². The van der Waals surface area contributed by atoms with Crippen molar-refractivity contribution in [2.24, 2.45) is 0 Å². The van der Waals surface area contributed by atoms with Gasteiger partial charge in [0.2, 0.25) is 17.2 Å². The number of halogens is 1. The monoisotopic (exact) mass is 298 g/mol. The smallest absolute Gasteiger partial charge is 0.241 e. The number of hydrogen-bond acceptors (Lipinski definition) is 7. The van der Waals surface area contributed by atoms with Gasteiger partial charge >= 0.3 is 0 Å². The summed E-state index contributed by atoms with van der Waals surface area (Å²) in [5.74, 6) is 0.803. The summed E-state index contributed by atoms with van der Waals surface area (Å²) in [5, 5.41) is 11.7. The third-order valence-corrected chi connectivity index (χ3v) is 2.48. The van der Waals surface area contributed by atoms with Crippen molar-refractivity contribution in [1.82, 2.24) is 24.5 Å². The van der Waals surface area contributed by atoms with E-state index in [0.29, 0.717) is 31.7 Å². The number of anilines is 1. The topological polar surface area (TPSA) is 98.0 Å². The minimum atomic E-state index is 0.0325. The minimum Gasteiger partial charge on any atom is -0.394 e. The van der Waals surface area contributed by atoms with Crippen molar-refractivity contribution in [1.29, 1.82) is 0 Å². The van der Waals surface area contributed by atoms with Crippen molar-refractivity contribution in [3.8, 4) is 5.95 Å². The molecule has 0 saturated carbocycles. The van der Waals surface area contributed by atoms with Crippen LogP contribution in [0.1, 0.15) is 6.42 Å². The number of nitrogens with zero attached hydrogens (tertiary/aromatic N) is 5. The van der Waals surface area contributed by atoms with Crippen molar-refractivity contribution in [2.75, 3.05) is 31.7 Å². The molecule has 0 amide bonds. The molecule has 0 aliphatic rings. The summed E-state index contributed by atoms with van der Waals surface area (Å²) < 4.78 is 6.79. The molecule has 2 rings (SSSR count). The third kappa shape index (κ3) is 4.41. The van der Waals surface area contributed by atoms with E-state index in [1.54, 1.807) is 23.3 Å². The Labute approximate surface area is 120 Å². The zero-order chi connectivity index (χ0) is 14.2. The highest BCUT2D eigenvalue weighted by Gasteiger charge is 2.06. The van der Waals surface area contributed by atoms with Gasteiger partial charge in [0.25, 0.3) is 0 Å². The summed E-state index contributed by atoms with van der Waals surface area (Å²) in [7, 11) is 0. The second kappa shape index (κ2) is 7.73. The van der Waals surface area contributed by atoms with Crippen LogP contribution in [0, 0.1) is 0 Å². The Morgan fingerprint density at radius 1 is 1.30 bits per heavy atom. The van der Waals surface area contributed by atoms with Crippen LogP contribution in [-0.4, -0.2) is 56.0 Å². The van der Waals surface area contributed by atoms with E-state index in [1.165, 1.54) is 0 Å². The SMILES string of the molecule is OCCOCCCNc1nc(Cl)nc(-n2ccnc2)n1. The number of aliphatic hydroxyl groups excluding tert-OH is 1. The molecule has 2 heterocycles. The Morgan fingerprint density at radius 2 is 2.20 bits per heavy atom. The van der Waals surface area contributed by atoms with E-state index in [9.17, 15) is 0 Å². The molecule has 0 unspecified atom stereocenters. The molecule has 0 spiro atoms. The largest absolute Gasteiger partial charge is 0.394 e. The van der Waals surface area contributed by atoms with Crippen molar-refractivity contribution in [2.45, 2.75) is 6.42 Å². The van der Waals surface area contributed by atoms with Crippen LogP contribution in [0.15, 0.2) is 18.7 Å². The predicted molar refractivity (Wildman–Crippen MR) is 73.0 cm³/mol. The molecule has 9 heteroatoms. The molecule has 2 N–H and O–H groups in total. The van der Waals surface area contributed by atoms with E-state index < -0.39 is 0 Å². The van der Waals surface area contributed by atoms with Gasteiger partial charge in [-0.3, -0.25) is 4.57 Å². The highest BCUT2D eigenvalue weighted by molar-refractivity contribution is 6.28. The molecule has 0 aliphatic heterocycles. The highest BCUT2D eigenvalue weighted by Crippen LogP contribution is 2.09. The van der Waals surface area contributed by atoms with Gasteiger partial charge in [0.15, 0.2) is 0 Å². The molecule has 20 heavy (non-hydrogen) atoms. The number of ether oxygens (including phenoxy) is 1. The third-order valence-electron chi connectivity index (χ3n) is 2.32. The van der Waals surface area contributed by atoms with Crippen LogP contribution in [0.25, 0.3) is 5.95 Å². The number of imidazole rings is 1. The summed E-state index contributed by atoms with van der Waals surface area (Å²) in [6, 6.07) is 0. The molecule has 0 saturated heterocycles. The quantitative estimate of drug-likeness (QED) is 0.686. The lowest BCUT2D eigenvalue weighted by atomic mass is 10.4. The fraction of sp³-hybridized carbons (Fsp3) is 0.455. The van der Waals surface area contributed by atoms with Crippen LogP contribution in [0.5, 0.6) is 0 Å². The van der Waals surface area contributed by atoms with E-state index in [-0.39, 0.29) is 11.9 Å². The van der Waals surface area contributed by atoms with Gasteiger partial charge in [0, 0.05) is 25.5 Å². The Balaban J connectivity index is 1.88. The lowest BCUT2D eigenvalue weighted by Crippen LogP contribution is -2.11. The number of nitrogens with one attached hydrogen (secondary N) is 1. The number of rotatable bonds is 8. The predicted octanol–water partition coefficient (Wildman–Crippen LogP) is 0.522. The van der Waals surface area contributed by atoms with Crippen molar-refractivity contribution in [3.63, 3.8) is 0 Å². The molecule has 8 nitrogen and oxygen atoms in total. The maximum absolute atomic E-state index is 8.56. The van der Waals surface area contributed by atoms with Crippen molar-refractivity contribution >= 4 is 17.5 Å². The Kier molecular flexibility index (Phi) is 5.66. The van der Waals surface area contributed by atoms with Gasteiger partial charge in [-0.15, -0.1) is 0 Å². The molecule has 0 fully saturated rings. The molecule has 0 aromatic carbocycles. The van der Waals surface area contributed by atoms with Gasteiger partial charge in [0.1, 0.15) is 6.33 Å². The first-order valence-electron chi connectivity index (χ1n) is 6.12. The average molecular weight is 299 g/mol. The van der Waals surface area contributed by atoms with Gasteiger partial charge in [-0.2, -0.15) is 15.0 Å². The van der Waals surface area contributed by atoms with Gasteiger partial charge in [-0.25, -0.2) is 4.98 Å². The first kappa shape index (κ1) is 14.6. The highest BCUT2D eigenvalue weighted by atomic mass is 35.5. The lowest BCUT2D eigenvalue weighted by Gasteiger charge is -2.07. The van der Waals surface area contributed by atoms with E-state index in [1.807, 2.05) is 0 Å². The average Bonchev–Trinajstić information content (AvgIpc) is 2.96. The summed E-state index contributed by atoms with van der Waals surface area (Å²) >= 11 is 5.86. The molecule has 0 bridgehead atoms. The summed E-state index contributed by atoms with van der Waals surface area (Å²) in [6.45, 7) is 1.57. The maximum Gasteiger partial charge on any atom is 0.241 e. The molecule has 0 aliphatic carbocycles. The number of hydrogen-bond donors (Lipinski definition) is 2. The second-order valence-corrected chi connectivity index (χ2v) is 4.15. The molecular formula is C11H15ClN6O2. The van der Waals surface area contributed by atoms with Crippen LogP contribution in [-0.2, 0) is 4.74 Å².